The molecule has 47 heavy (non-hydrogen) atoms. The molecular weight excluding hydrogens is 614 g/mol. The van der Waals surface area contributed by atoms with Crippen LogP contribution in [0.3, 0.4) is 0 Å². The summed E-state index contributed by atoms with van der Waals surface area (Å²) in [7, 11) is 8.76. The second-order valence-electron chi connectivity index (χ2n) is 9.51. The Hall–Kier alpha value is -5.66. The van der Waals surface area contributed by atoms with Gasteiger partial charge in [-0.25, -0.2) is 10.2 Å². The van der Waals surface area contributed by atoms with Crippen LogP contribution in [-0.2, 0) is 4.79 Å². The van der Waals surface area contributed by atoms with E-state index in [0.717, 1.165) is 0 Å². The molecule has 0 radical (unpaired) electrons. The molecule has 0 aliphatic heterocycles. The highest BCUT2D eigenvalue weighted by atomic mass is 16.6. The smallest absolute Gasteiger partial charge is 0.343 e. The van der Waals surface area contributed by atoms with Gasteiger partial charge in [-0.2, -0.15) is 5.10 Å². The van der Waals surface area contributed by atoms with E-state index >= 15 is 0 Å². The van der Waals surface area contributed by atoms with Crippen LogP contribution in [0.15, 0.2) is 47.6 Å². The lowest BCUT2D eigenvalue weighted by atomic mass is 10.1. The average molecular weight is 654 g/mol. The van der Waals surface area contributed by atoms with Crippen LogP contribution in [0.25, 0.3) is 0 Å². The van der Waals surface area contributed by atoms with Gasteiger partial charge >= 0.3 is 5.97 Å². The van der Waals surface area contributed by atoms with E-state index in [9.17, 15) is 14.4 Å². The summed E-state index contributed by atoms with van der Waals surface area (Å²) in [6, 6.07) is 10.9. The van der Waals surface area contributed by atoms with Gasteiger partial charge in [0, 0.05) is 18.5 Å². The maximum atomic E-state index is 13.0. The molecule has 0 aliphatic rings. The topological polar surface area (TPSA) is 161 Å². The van der Waals surface area contributed by atoms with Crippen LogP contribution < -0.4 is 48.6 Å². The van der Waals surface area contributed by atoms with Gasteiger partial charge in [-0.1, -0.05) is 0 Å². The molecule has 0 spiro atoms. The van der Waals surface area contributed by atoms with Crippen LogP contribution in [0.1, 0.15) is 46.0 Å². The van der Waals surface area contributed by atoms with E-state index in [0.29, 0.717) is 64.4 Å². The average Bonchev–Trinajstić information content (AvgIpc) is 3.09. The molecule has 0 aromatic heterocycles. The summed E-state index contributed by atoms with van der Waals surface area (Å²) < 4.78 is 43.1. The molecule has 2 amide bonds. The minimum Gasteiger partial charge on any atom is -0.493 e. The van der Waals surface area contributed by atoms with Gasteiger partial charge in [0.1, 0.15) is 0 Å². The van der Waals surface area contributed by atoms with Crippen molar-refractivity contribution in [2.24, 2.45) is 5.10 Å². The summed E-state index contributed by atoms with van der Waals surface area (Å²) in [5.74, 6) is 1.15. The Labute approximate surface area is 272 Å². The third-order valence-electron chi connectivity index (χ3n) is 6.57. The van der Waals surface area contributed by atoms with Crippen LogP contribution in [0.4, 0.5) is 0 Å². The number of carbonyl (C=O) groups excluding carboxylic acids is 3. The van der Waals surface area contributed by atoms with Gasteiger partial charge < -0.3 is 43.2 Å². The van der Waals surface area contributed by atoms with E-state index < -0.39 is 5.97 Å². The molecule has 3 aromatic rings. The van der Waals surface area contributed by atoms with Gasteiger partial charge in [-0.15, -0.1) is 0 Å². The predicted molar refractivity (Wildman–Crippen MR) is 172 cm³/mol. The monoisotopic (exact) mass is 653 g/mol. The van der Waals surface area contributed by atoms with Gasteiger partial charge in [0.05, 0.1) is 61.0 Å². The van der Waals surface area contributed by atoms with E-state index in [1.165, 1.54) is 61.0 Å². The number of benzene rings is 3. The fraction of sp³-hybridized carbons (Fsp3) is 0.333. The SMILES string of the molecule is CCOc1cc(C=NNC(=O)CCCNC(=O)c2cc(OC)c(OC)c(OC)c2)ccc1OC(=O)c1cc(OC)c(OC)c(OC)c1. The fourth-order valence-electron chi connectivity index (χ4n) is 4.32. The number of amides is 2. The first-order valence-corrected chi connectivity index (χ1v) is 14.4. The van der Waals surface area contributed by atoms with Crippen LogP contribution in [0.2, 0.25) is 0 Å². The largest absolute Gasteiger partial charge is 0.493 e. The molecule has 0 aliphatic carbocycles. The number of methoxy groups -OCH3 is 6. The van der Waals surface area contributed by atoms with E-state index in [2.05, 4.69) is 15.8 Å². The molecular formula is C33H39N3O11. The number of rotatable bonds is 17. The highest BCUT2D eigenvalue weighted by Gasteiger charge is 2.20. The first-order chi connectivity index (χ1) is 22.7. The first kappa shape index (κ1) is 35.8. The molecule has 2 N–H and O–H groups in total. The second kappa shape index (κ2) is 17.7. The highest BCUT2D eigenvalue weighted by Crippen LogP contribution is 2.39. The lowest BCUT2D eigenvalue weighted by molar-refractivity contribution is -0.121. The summed E-state index contributed by atoms with van der Waals surface area (Å²) in [5.41, 5.74) is 3.54. The molecule has 14 heteroatoms. The van der Waals surface area contributed by atoms with E-state index in [1.807, 2.05) is 0 Å². The van der Waals surface area contributed by atoms with Gasteiger partial charge in [0.15, 0.2) is 34.5 Å². The molecule has 0 fully saturated rings. The van der Waals surface area contributed by atoms with Crippen molar-refractivity contribution in [2.75, 3.05) is 55.8 Å². The van der Waals surface area contributed by atoms with Crippen LogP contribution in [0.5, 0.6) is 46.0 Å². The maximum Gasteiger partial charge on any atom is 0.343 e. The number of nitrogens with one attached hydrogen (secondary N) is 2. The number of hydrogen-bond acceptors (Lipinski definition) is 12. The zero-order chi connectivity index (χ0) is 34.3. The molecule has 3 aromatic carbocycles. The number of hydrazone groups is 1. The van der Waals surface area contributed by atoms with Crippen molar-refractivity contribution in [1.82, 2.24) is 10.7 Å². The maximum absolute atomic E-state index is 13.0. The number of nitrogens with zero attached hydrogens (tertiary/aromatic N) is 1. The summed E-state index contributed by atoms with van der Waals surface area (Å²) in [4.78, 5) is 37.9. The highest BCUT2D eigenvalue weighted by molar-refractivity contribution is 5.96. The summed E-state index contributed by atoms with van der Waals surface area (Å²) in [5, 5.41) is 6.76. The normalized spacial score (nSPS) is 10.5. The minimum atomic E-state index is -0.668. The Morgan fingerprint density at radius 1 is 0.702 bits per heavy atom. The van der Waals surface area contributed by atoms with Gasteiger partial charge in [0.2, 0.25) is 17.4 Å². The summed E-state index contributed by atoms with van der Waals surface area (Å²) in [6.45, 7) is 2.35. The molecule has 0 saturated carbocycles. The Morgan fingerprint density at radius 3 is 1.77 bits per heavy atom. The summed E-state index contributed by atoms with van der Waals surface area (Å²) in [6.07, 6.45) is 1.92. The van der Waals surface area contributed by atoms with Crippen molar-refractivity contribution in [3.63, 3.8) is 0 Å². The molecule has 3 rings (SSSR count). The Bertz CT molecular complexity index is 1540. The number of carbonyl (C=O) groups is 3. The van der Waals surface area contributed by atoms with Gasteiger partial charge in [0.25, 0.3) is 5.91 Å². The van der Waals surface area contributed by atoms with E-state index in [4.69, 9.17) is 37.9 Å². The van der Waals surface area contributed by atoms with E-state index in [-0.39, 0.29) is 36.1 Å². The standard InChI is InChI=1S/C33H39N3O11/c1-8-46-24-14-20(11-12-23(24)47-33(39)22-17-27(42-4)31(45-7)28(18-22)43-5)19-35-36-29(37)10-9-13-34-32(38)21-15-25(40-2)30(44-6)26(16-21)41-3/h11-12,14-19H,8-10,13H2,1-7H3,(H,34,38)(H,36,37). The predicted octanol–water partition coefficient (Wildman–Crippen LogP) is 4.02. The molecule has 0 heterocycles. The van der Waals surface area contributed by atoms with Crippen molar-refractivity contribution in [1.29, 1.82) is 0 Å². The fourth-order valence-corrected chi connectivity index (χ4v) is 4.32. The van der Waals surface area contributed by atoms with Crippen LogP contribution >= 0.6 is 0 Å². The molecule has 0 bridgehead atoms. The van der Waals surface area contributed by atoms with Crippen molar-refractivity contribution >= 4 is 24.0 Å². The number of hydrogen-bond donors (Lipinski definition) is 2. The minimum absolute atomic E-state index is 0.118. The third-order valence-corrected chi connectivity index (χ3v) is 6.57. The molecule has 0 saturated heterocycles. The molecule has 14 nitrogen and oxygen atoms in total. The Balaban J connectivity index is 1.55. The van der Waals surface area contributed by atoms with Gasteiger partial charge in [-0.05, 0) is 61.4 Å². The van der Waals surface area contributed by atoms with Gasteiger partial charge in [-0.3, -0.25) is 9.59 Å². The second-order valence-corrected chi connectivity index (χ2v) is 9.51. The molecule has 0 atom stereocenters. The van der Waals surface area contributed by atoms with E-state index in [1.54, 1.807) is 37.3 Å². The van der Waals surface area contributed by atoms with Crippen molar-refractivity contribution in [2.45, 2.75) is 19.8 Å². The van der Waals surface area contributed by atoms with Crippen molar-refractivity contribution < 1.29 is 52.3 Å². The summed E-state index contributed by atoms with van der Waals surface area (Å²) >= 11 is 0. The lowest BCUT2D eigenvalue weighted by Gasteiger charge is -2.15. The first-order valence-electron chi connectivity index (χ1n) is 14.4. The zero-order valence-electron chi connectivity index (χ0n) is 27.4. The Kier molecular flexibility index (Phi) is 13.5. The Morgan fingerprint density at radius 2 is 1.26 bits per heavy atom. The lowest BCUT2D eigenvalue weighted by Crippen LogP contribution is -2.26. The number of esters is 1. The number of ether oxygens (including phenoxy) is 8. The van der Waals surface area contributed by atoms with Crippen molar-refractivity contribution in [3.8, 4) is 46.0 Å². The third kappa shape index (κ3) is 9.42. The van der Waals surface area contributed by atoms with Crippen molar-refractivity contribution in [3.05, 3.63) is 59.2 Å². The zero-order valence-corrected chi connectivity index (χ0v) is 27.4. The van der Waals surface area contributed by atoms with Crippen LogP contribution in [0, 0.1) is 0 Å². The molecule has 0 unspecified atom stereocenters. The van der Waals surface area contributed by atoms with Crippen LogP contribution in [-0.4, -0.2) is 79.8 Å². The quantitative estimate of drug-likeness (QED) is 0.0712. The molecule has 252 valence electrons.